The lowest BCUT2D eigenvalue weighted by atomic mass is 10.1. The van der Waals surface area contributed by atoms with Crippen LogP contribution in [0.1, 0.15) is 19.0 Å². The lowest BCUT2D eigenvalue weighted by molar-refractivity contribution is -0.136. The molecule has 0 saturated carbocycles. The van der Waals surface area contributed by atoms with E-state index in [4.69, 9.17) is 9.84 Å². The molecule has 0 saturated heterocycles. The number of pyridine rings is 1. The van der Waals surface area contributed by atoms with Crippen LogP contribution in [0.25, 0.3) is 0 Å². The molecule has 1 aromatic rings. The first-order valence-corrected chi connectivity index (χ1v) is 5.96. The maximum absolute atomic E-state index is 11.7. The molecule has 0 aliphatic carbocycles. The first-order chi connectivity index (χ1) is 9.01. The van der Waals surface area contributed by atoms with Gasteiger partial charge in [-0.05, 0) is 18.1 Å². The monoisotopic (exact) mass is 266 g/mol. The van der Waals surface area contributed by atoms with Crippen LogP contribution < -0.4 is 5.32 Å². The number of nitrogens with one attached hydrogen (secondary N) is 1. The van der Waals surface area contributed by atoms with E-state index in [1.54, 1.807) is 19.2 Å². The Balaban J connectivity index is 2.48. The number of aliphatic carboxylic acids is 1. The van der Waals surface area contributed by atoms with E-state index < -0.39 is 5.97 Å². The highest BCUT2D eigenvalue weighted by atomic mass is 16.5. The van der Waals surface area contributed by atoms with Crippen LogP contribution >= 0.6 is 0 Å². The van der Waals surface area contributed by atoms with Crippen LogP contribution in [-0.4, -0.2) is 35.7 Å². The van der Waals surface area contributed by atoms with Crippen molar-refractivity contribution >= 4 is 17.6 Å². The Morgan fingerprint density at radius 2 is 2.21 bits per heavy atom. The Bertz CT molecular complexity index is 431. The minimum Gasteiger partial charge on any atom is -0.481 e. The number of amides is 1. The molecule has 1 atom stereocenters. The first kappa shape index (κ1) is 15.1. The van der Waals surface area contributed by atoms with Gasteiger partial charge in [0.15, 0.2) is 0 Å². The summed E-state index contributed by atoms with van der Waals surface area (Å²) in [6.45, 7) is 2.46. The lowest BCUT2D eigenvalue weighted by Crippen LogP contribution is -2.17. The number of hydrogen-bond donors (Lipinski definition) is 2. The fraction of sp³-hybridized carbons (Fsp3) is 0.462. The molecule has 1 rings (SSSR count). The van der Waals surface area contributed by atoms with Crippen molar-refractivity contribution in [1.82, 2.24) is 4.98 Å². The smallest absolute Gasteiger partial charge is 0.309 e. The molecule has 1 unspecified atom stereocenters. The Labute approximate surface area is 111 Å². The molecule has 0 bridgehead atoms. The van der Waals surface area contributed by atoms with Gasteiger partial charge in [0.05, 0.1) is 24.0 Å². The number of hydrogen-bond acceptors (Lipinski definition) is 4. The van der Waals surface area contributed by atoms with E-state index >= 15 is 0 Å². The number of carbonyl (C=O) groups excluding carboxylic acids is 1. The molecule has 0 aliphatic rings. The zero-order valence-corrected chi connectivity index (χ0v) is 11.0. The summed E-state index contributed by atoms with van der Waals surface area (Å²) in [7, 11) is 1.60. The zero-order chi connectivity index (χ0) is 14.3. The highest BCUT2D eigenvalue weighted by Crippen LogP contribution is 2.09. The fourth-order valence-electron chi connectivity index (χ4n) is 1.63. The van der Waals surface area contributed by atoms with Crippen molar-refractivity contribution in [2.75, 3.05) is 19.0 Å². The maximum Gasteiger partial charge on any atom is 0.309 e. The van der Waals surface area contributed by atoms with E-state index in [1.165, 1.54) is 6.20 Å². The summed E-state index contributed by atoms with van der Waals surface area (Å²) in [5, 5.41) is 11.3. The van der Waals surface area contributed by atoms with Crippen molar-refractivity contribution < 1.29 is 19.4 Å². The minimum absolute atomic E-state index is 0.114. The lowest BCUT2D eigenvalue weighted by Gasteiger charge is -2.10. The molecule has 19 heavy (non-hydrogen) atoms. The first-order valence-electron chi connectivity index (χ1n) is 5.96. The van der Waals surface area contributed by atoms with Gasteiger partial charge in [-0.15, -0.1) is 0 Å². The minimum atomic E-state index is -0.933. The summed E-state index contributed by atoms with van der Waals surface area (Å²) in [4.78, 5) is 26.1. The van der Waals surface area contributed by atoms with E-state index in [9.17, 15) is 9.59 Å². The number of anilines is 1. The summed E-state index contributed by atoms with van der Waals surface area (Å²) >= 11 is 0. The molecule has 1 heterocycles. The third-order valence-corrected chi connectivity index (χ3v) is 2.43. The molecule has 6 heteroatoms. The summed E-state index contributed by atoms with van der Waals surface area (Å²) in [6.07, 6.45) is 1.70. The molecule has 0 aromatic carbocycles. The topological polar surface area (TPSA) is 88.5 Å². The van der Waals surface area contributed by atoms with E-state index in [2.05, 4.69) is 10.3 Å². The number of ether oxygens (including phenoxy) is 1. The van der Waals surface area contributed by atoms with Crippen LogP contribution in [0.3, 0.4) is 0 Å². The van der Waals surface area contributed by atoms with Gasteiger partial charge in [-0.1, -0.05) is 6.92 Å². The Kier molecular flexibility index (Phi) is 5.95. The van der Waals surface area contributed by atoms with Gasteiger partial charge in [0.2, 0.25) is 5.91 Å². The standard InChI is InChI=1S/C13H18N2O4/c1-9(8-19-2)5-12(16)15-11-4-3-10(14-7-11)6-13(17)18/h3-4,7,9H,5-6,8H2,1-2H3,(H,15,16)(H,17,18). The quantitative estimate of drug-likeness (QED) is 0.777. The van der Waals surface area contributed by atoms with Crippen LogP contribution in [0, 0.1) is 5.92 Å². The second-order valence-electron chi connectivity index (χ2n) is 4.42. The van der Waals surface area contributed by atoms with E-state index in [0.29, 0.717) is 24.4 Å². The number of carboxylic acids is 1. The number of methoxy groups -OCH3 is 1. The Morgan fingerprint density at radius 1 is 1.47 bits per heavy atom. The molecular formula is C13H18N2O4. The van der Waals surface area contributed by atoms with E-state index in [0.717, 1.165) is 0 Å². The number of aromatic nitrogens is 1. The number of nitrogens with zero attached hydrogens (tertiary/aromatic N) is 1. The molecular weight excluding hydrogens is 248 g/mol. The SMILES string of the molecule is COCC(C)CC(=O)Nc1ccc(CC(=O)O)nc1. The van der Waals surface area contributed by atoms with Gasteiger partial charge in [-0.3, -0.25) is 14.6 Å². The average molecular weight is 266 g/mol. The Hall–Kier alpha value is -1.95. The van der Waals surface area contributed by atoms with Crippen LogP contribution in [-0.2, 0) is 20.7 Å². The predicted molar refractivity (Wildman–Crippen MR) is 69.9 cm³/mol. The summed E-state index contributed by atoms with van der Waals surface area (Å²) < 4.78 is 4.96. The number of rotatable bonds is 7. The van der Waals surface area contributed by atoms with Gasteiger partial charge in [0.25, 0.3) is 0 Å². The average Bonchev–Trinajstić information content (AvgIpc) is 2.31. The van der Waals surface area contributed by atoms with Gasteiger partial charge in [-0.2, -0.15) is 0 Å². The molecule has 0 fully saturated rings. The molecule has 1 amide bonds. The normalized spacial score (nSPS) is 11.9. The van der Waals surface area contributed by atoms with Crippen molar-refractivity contribution in [3.8, 4) is 0 Å². The van der Waals surface area contributed by atoms with Crippen LogP contribution in [0.4, 0.5) is 5.69 Å². The van der Waals surface area contributed by atoms with E-state index in [-0.39, 0.29) is 18.2 Å². The molecule has 2 N–H and O–H groups in total. The molecule has 0 spiro atoms. The summed E-state index contributed by atoms with van der Waals surface area (Å²) in [5.74, 6) is -0.903. The van der Waals surface area contributed by atoms with Crippen LogP contribution in [0.2, 0.25) is 0 Å². The molecule has 6 nitrogen and oxygen atoms in total. The zero-order valence-electron chi connectivity index (χ0n) is 11.0. The Morgan fingerprint density at radius 3 is 2.74 bits per heavy atom. The van der Waals surface area contributed by atoms with Crippen molar-refractivity contribution in [2.24, 2.45) is 5.92 Å². The van der Waals surface area contributed by atoms with Gasteiger partial charge in [-0.25, -0.2) is 0 Å². The van der Waals surface area contributed by atoms with Crippen molar-refractivity contribution in [3.63, 3.8) is 0 Å². The van der Waals surface area contributed by atoms with Gasteiger partial charge in [0, 0.05) is 20.1 Å². The fourth-order valence-corrected chi connectivity index (χ4v) is 1.63. The van der Waals surface area contributed by atoms with Gasteiger partial charge < -0.3 is 15.2 Å². The molecule has 0 radical (unpaired) electrons. The van der Waals surface area contributed by atoms with Gasteiger partial charge in [0.1, 0.15) is 0 Å². The molecule has 1 aromatic heterocycles. The van der Waals surface area contributed by atoms with Crippen molar-refractivity contribution in [2.45, 2.75) is 19.8 Å². The van der Waals surface area contributed by atoms with Crippen LogP contribution in [0.5, 0.6) is 0 Å². The predicted octanol–water partition coefficient (Wildman–Crippen LogP) is 1.32. The second-order valence-corrected chi connectivity index (χ2v) is 4.42. The molecule has 0 aliphatic heterocycles. The maximum atomic E-state index is 11.7. The van der Waals surface area contributed by atoms with Crippen molar-refractivity contribution in [1.29, 1.82) is 0 Å². The third kappa shape index (κ3) is 5.96. The molecule has 104 valence electrons. The number of carbonyl (C=O) groups is 2. The summed E-state index contributed by atoms with van der Waals surface area (Å²) in [5.41, 5.74) is 1.02. The van der Waals surface area contributed by atoms with Crippen molar-refractivity contribution in [3.05, 3.63) is 24.0 Å². The second kappa shape index (κ2) is 7.48. The third-order valence-electron chi connectivity index (χ3n) is 2.43. The van der Waals surface area contributed by atoms with Crippen LogP contribution in [0.15, 0.2) is 18.3 Å². The summed E-state index contributed by atoms with van der Waals surface area (Å²) in [6, 6.07) is 3.23. The van der Waals surface area contributed by atoms with Gasteiger partial charge >= 0.3 is 5.97 Å². The number of carboxylic acid groups (broad SMARTS) is 1. The largest absolute Gasteiger partial charge is 0.481 e. The van der Waals surface area contributed by atoms with E-state index in [1.807, 2.05) is 6.92 Å². The highest BCUT2D eigenvalue weighted by molar-refractivity contribution is 5.90. The highest BCUT2D eigenvalue weighted by Gasteiger charge is 2.09.